The first-order valence-corrected chi connectivity index (χ1v) is 4.85. The fourth-order valence-electron chi connectivity index (χ4n) is 1.13. The Balaban J connectivity index is 0.00000169. The third kappa shape index (κ3) is 5.14. The fourth-order valence-corrected chi connectivity index (χ4v) is 1.62. The number of nitrogens with one attached hydrogen (secondary N) is 1. The van der Waals surface area contributed by atoms with E-state index in [1.54, 1.807) is 0 Å². The molecule has 0 bridgehead atoms. The maximum atomic E-state index is 10.3. The number of carbonyl (C=O) groups is 1. The van der Waals surface area contributed by atoms with Gasteiger partial charge in [0.1, 0.15) is 0 Å². The summed E-state index contributed by atoms with van der Waals surface area (Å²) in [5, 5.41) is 12.7. The molecule has 2 atom stereocenters. The van der Waals surface area contributed by atoms with Gasteiger partial charge in [-0.3, -0.25) is 4.55 Å². The van der Waals surface area contributed by atoms with Gasteiger partial charge in [-0.25, -0.2) is 4.18 Å². The van der Waals surface area contributed by atoms with E-state index in [-0.39, 0.29) is 64.4 Å². The molecule has 0 saturated carbocycles. The minimum absolute atomic E-state index is 0. The van der Waals surface area contributed by atoms with Crippen molar-refractivity contribution in [3.63, 3.8) is 0 Å². The van der Waals surface area contributed by atoms with E-state index in [0.717, 1.165) is 0 Å². The molecule has 0 aromatic heterocycles. The molecule has 1 aliphatic rings. The molecule has 1 rings (SSSR count). The van der Waals surface area contributed by atoms with Gasteiger partial charge >= 0.3 is 61.8 Å². The monoisotopic (exact) mass is 249 g/mol. The van der Waals surface area contributed by atoms with E-state index in [1.807, 2.05) is 0 Å². The van der Waals surface area contributed by atoms with Crippen LogP contribution in [0.3, 0.4) is 0 Å². The molecule has 0 aliphatic carbocycles. The molecule has 0 aromatic rings. The predicted molar refractivity (Wildman–Crippen MR) is 37.8 cm³/mol. The van der Waals surface area contributed by atoms with Gasteiger partial charge in [-0.05, 0) is 6.42 Å². The molecule has 7 nitrogen and oxygen atoms in total. The van der Waals surface area contributed by atoms with Gasteiger partial charge in [0, 0.05) is 12.6 Å². The fraction of sp³-hybridized carbons (Fsp3) is 0.800. The van der Waals surface area contributed by atoms with Gasteiger partial charge in [-0.15, -0.1) is 0 Å². The smallest absolute Gasteiger partial charge is 0.548 e. The topological polar surface area (TPSA) is 116 Å². The van der Waals surface area contributed by atoms with E-state index < -0.39 is 28.5 Å². The maximum Gasteiger partial charge on any atom is 1.00 e. The standard InChI is InChI=1S/C5H9NO6S.K/c7-5(8)4-1-3(2-6-4)12-13(9,10)11;/h3-4,6H,1-2H2,(H,7,8)(H,9,10,11);/q;+1/p-1. The molecule has 9 heteroatoms. The number of aliphatic carboxylic acids is 1. The Hall–Kier alpha value is 0.936. The van der Waals surface area contributed by atoms with Crippen LogP contribution in [0.4, 0.5) is 0 Å². The Morgan fingerprint density at radius 3 is 2.50 bits per heavy atom. The number of carboxylic acids is 1. The largest absolute Gasteiger partial charge is 1.00 e. The Labute approximate surface area is 124 Å². The van der Waals surface area contributed by atoms with Crippen LogP contribution in [0, 0.1) is 0 Å². The van der Waals surface area contributed by atoms with Gasteiger partial charge in [0.05, 0.1) is 12.1 Å². The van der Waals surface area contributed by atoms with Gasteiger partial charge in [-0.1, -0.05) is 0 Å². The third-order valence-electron chi connectivity index (χ3n) is 1.63. The first-order valence-electron chi connectivity index (χ1n) is 3.48. The van der Waals surface area contributed by atoms with Crippen molar-refractivity contribution in [2.24, 2.45) is 0 Å². The van der Waals surface area contributed by atoms with Crippen LogP contribution in [0.15, 0.2) is 0 Å². The molecule has 0 spiro atoms. The van der Waals surface area contributed by atoms with Crippen molar-refractivity contribution in [1.29, 1.82) is 0 Å². The minimum atomic E-state index is -4.51. The molecule has 2 unspecified atom stereocenters. The van der Waals surface area contributed by atoms with Gasteiger partial charge in [-0.2, -0.15) is 8.42 Å². The summed E-state index contributed by atoms with van der Waals surface area (Å²) in [5.74, 6) is -1.32. The summed E-state index contributed by atoms with van der Waals surface area (Å²) in [4.78, 5) is 10.3. The van der Waals surface area contributed by atoms with Crippen LogP contribution in [-0.2, 0) is 19.4 Å². The number of hydrogen-bond donors (Lipinski definition) is 2. The normalized spacial score (nSPS) is 26.9. The van der Waals surface area contributed by atoms with Crippen LogP contribution in [-0.4, -0.2) is 37.6 Å². The van der Waals surface area contributed by atoms with Gasteiger partial charge < -0.3 is 15.2 Å². The van der Waals surface area contributed by atoms with Crippen molar-refractivity contribution < 1.29 is 78.4 Å². The molecule has 1 fully saturated rings. The van der Waals surface area contributed by atoms with Gasteiger partial charge in [0.15, 0.2) is 0 Å². The Morgan fingerprint density at radius 2 is 2.14 bits per heavy atom. The first kappa shape index (κ1) is 14.9. The first-order chi connectivity index (χ1) is 5.88. The zero-order valence-electron chi connectivity index (χ0n) is 7.47. The summed E-state index contributed by atoms with van der Waals surface area (Å²) < 4.78 is 32.8. The molecule has 14 heavy (non-hydrogen) atoms. The number of carboxylic acid groups (broad SMARTS) is 1. The third-order valence-corrected chi connectivity index (χ3v) is 2.15. The van der Waals surface area contributed by atoms with Gasteiger partial charge in [0.25, 0.3) is 0 Å². The van der Waals surface area contributed by atoms with Crippen molar-refractivity contribution in [3.05, 3.63) is 0 Å². The van der Waals surface area contributed by atoms with Crippen LogP contribution in [0.25, 0.3) is 0 Å². The summed E-state index contributed by atoms with van der Waals surface area (Å²) in [5.41, 5.74) is 0. The van der Waals surface area contributed by atoms with Crippen molar-refractivity contribution in [3.8, 4) is 0 Å². The minimum Gasteiger partial charge on any atom is -0.548 e. The molecular formula is C5H8KNO6S. The molecule has 1 saturated heterocycles. The van der Waals surface area contributed by atoms with E-state index >= 15 is 0 Å². The zero-order valence-corrected chi connectivity index (χ0v) is 11.4. The van der Waals surface area contributed by atoms with E-state index in [1.165, 1.54) is 0 Å². The maximum absolute atomic E-state index is 10.3. The average molecular weight is 249 g/mol. The second kappa shape index (κ2) is 5.87. The second-order valence-electron chi connectivity index (χ2n) is 2.66. The average Bonchev–Trinajstić information content (AvgIpc) is 2.31. The van der Waals surface area contributed by atoms with Crippen molar-refractivity contribution in [1.82, 2.24) is 5.32 Å². The SMILES string of the molecule is O=C([O-])C1CC(OS(=O)(=O)O)CN1.[K+]. The van der Waals surface area contributed by atoms with Crippen LogP contribution in [0.2, 0.25) is 0 Å². The van der Waals surface area contributed by atoms with Gasteiger partial charge in [0.2, 0.25) is 0 Å². The molecule has 0 radical (unpaired) electrons. The van der Waals surface area contributed by atoms with E-state index in [4.69, 9.17) is 4.55 Å². The molecule has 0 aromatic carbocycles. The quantitative estimate of drug-likeness (QED) is 0.378. The summed E-state index contributed by atoms with van der Waals surface area (Å²) in [6, 6.07) is -0.924. The van der Waals surface area contributed by atoms with Crippen molar-refractivity contribution in [2.45, 2.75) is 18.6 Å². The number of carbonyl (C=O) groups excluding carboxylic acids is 1. The zero-order chi connectivity index (χ0) is 10.1. The van der Waals surface area contributed by atoms with E-state index in [0.29, 0.717) is 0 Å². The molecule has 1 aliphatic heterocycles. The summed E-state index contributed by atoms with van der Waals surface area (Å²) >= 11 is 0. The molecular weight excluding hydrogens is 241 g/mol. The molecule has 76 valence electrons. The number of rotatable bonds is 3. The number of hydrogen-bond acceptors (Lipinski definition) is 6. The predicted octanol–water partition coefficient (Wildman–Crippen LogP) is -5.71. The summed E-state index contributed by atoms with van der Waals surface area (Å²) in [6.45, 7) is 0.0540. The van der Waals surface area contributed by atoms with Crippen LogP contribution < -0.4 is 61.8 Å². The summed E-state index contributed by atoms with van der Waals surface area (Å²) in [7, 11) is -4.51. The van der Waals surface area contributed by atoms with Crippen LogP contribution in [0.5, 0.6) is 0 Å². The van der Waals surface area contributed by atoms with E-state index in [2.05, 4.69) is 9.50 Å². The van der Waals surface area contributed by atoms with Crippen LogP contribution >= 0.6 is 0 Å². The Morgan fingerprint density at radius 1 is 1.57 bits per heavy atom. The Bertz CT molecular complexity index is 303. The van der Waals surface area contributed by atoms with Crippen molar-refractivity contribution >= 4 is 16.4 Å². The van der Waals surface area contributed by atoms with Crippen molar-refractivity contribution in [2.75, 3.05) is 6.54 Å². The summed E-state index contributed by atoms with van der Waals surface area (Å²) in [6.07, 6.45) is -0.889. The second-order valence-corrected chi connectivity index (χ2v) is 3.71. The van der Waals surface area contributed by atoms with E-state index in [9.17, 15) is 18.3 Å². The Kier molecular flexibility index (Phi) is 6.26. The van der Waals surface area contributed by atoms with Crippen LogP contribution in [0.1, 0.15) is 6.42 Å². The molecule has 2 N–H and O–H groups in total. The molecule has 1 heterocycles. The molecule has 0 amide bonds.